The van der Waals surface area contributed by atoms with Gasteiger partial charge >= 0.3 is 0 Å². The van der Waals surface area contributed by atoms with Crippen molar-refractivity contribution in [2.24, 2.45) is 0 Å². The third-order valence-electron chi connectivity index (χ3n) is 4.42. The van der Waals surface area contributed by atoms with Gasteiger partial charge in [-0.05, 0) is 30.3 Å². The molecule has 0 radical (unpaired) electrons. The minimum atomic E-state index is -0.147. The summed E-state index contributed by atoms with van der Waals surface area (Å²) in [6.45, 7) is 1.02. The van der Waals surface area contributed by atoms with Crippen LogP contribution in [0.2, 0.25) is 0 Å². The molecule has 5 rings (SSSR count). The van der Waals surface area contributed by atoms with Crippen molar-refractivity contribution in [1.29, 1.82) is 0 Å². The predicted molar refractivity (Wildman–Crippen MR) is 102 cm³/mol. The van der Waals surface area contributed by atoms with Gasteiger partial charge in [-0.1, -0.05) is 23.9 Å². The van der Waals surface area contributed by atoms with Crippen LogP contribution in [-0.2, 0) is 6.54 Å². The molecule has 6 nitrogen and oxygen atoms in total. The number of nitrogens with zero attached hydrogens (tertiary/aromatic N) is 3. The number of benzene rings is 2. The molecule has 128 valence electrons. The first kappa shape index (κ1) is 15.2. The lowest BCUT2D eigenvalue weighted by Crippen LogP contribution is -2.11. The average molecular weight is 361 g/mol. The van der Waals surface area contributed by atoms with Gasteiger partial charge in [0.1, 0.15) is 0 Å². The van der Waals surface area contributed by atoms with Crippen molar-refractivity contribution in [3.05, 3.63) is 60.6 Å². The SMILES string of the molecule is O=C(Nc1ccc(-c2cn3c(n2)SCC3)cc1)c1ccc2nc[nH]c2c1. The first-order valence-corrected chi connectivity index (χ1v) is 9.30. The molecule has 0 fully saturated rings. The average Bonchev–Trinajstić information content (AvgIpc) is 3.37. The normalized spacial score (nSPS) is 13.1. The minimum absolute atomic E-state index is 0.147. The molecular weight excluding hydrogens is 346 g/mol. The number of anilines is 1. The Hall–Kier alpha value is -3.06. The summed E-state index contributed by atoms with van der Waals surface area (Å²) in [4.78, 5) is 24.3. The Balaban J connectivity index is 1.34. The van der Waals surface area contributed by atoms with E-state index in [1.807, 2.05) is 30.3 Å². The standard InChI is InChI=1S/C19H15N5OS/c25-18(13-3-6-15-16(9-13)21-11-20-15)22-14-4-1-12(2-5-14)17-10-24-7-8-26-19(24)23-17/h1-6,9-11H,7-8H2,(H,20,21)(H,22,25). The number of carbonyl (C=O) groups is 1. The van der Waals surface area contributed by atoms with E-state index in [2.05, 4.69) is 31.0 Å². The molecule has 0 unspecified atom stereocenters. The van der Waals surface area contributed by atoms with Crippen LogP contribution in [0.15, 0.2) is 60.1 Å². The molecular formula is C19H15N5OS. The molecule has 1 aliphatic heterocycles. The number of fused-ring (bicyclic) bond motifs is 2. The highest BCUT2D eigenvalue weighted by Crippen LogP contribution is 2.29. The summed E-state index contributed by atoms with van der Waals surface area (Å²) in [5, 5.41) is 4.01. The summed E-state index contributed by atoms with van der Waals surface area (Å²) in [5.41, 5.74) is 5.05. The zero-order valence-corrected chi connectivity index (χ0v) is 14.6. The first-order valence-electron chi connectivity index (χ1n) is 8.31. The molecule has 0 saturated heterocycles. The van der Waals surface area contributed by atoms with Crippen LogP contribution in [0, 0.1) is 0 Å². The van der Waals surface area contributed by atoms with E-state index in [9.17, 15) is 4.79 Å². The zero-order valence-electron chi connectivity index (χ0n) is 13.8. The van der Waals surface area contributed by atoms with Crippen LogP contribution in [0.1, 0.15) is 10.4 Å². The summed E-state index contributed by atoms with van der Waals surface area (Å²) in [6, 6.07) is 13.2. The lowest BCUT2D eigenvalue weighted by atomic mass is 10.1. The van der Waals surface area contributed by atoms with Crippen LogP contribution in [0.4, 0.5) is 5.69 Å². The van der Waals surface area contributed by atoms with Crippen LogP contribution in [-0.4, -0.2) is 31.2 Å². The maximum atomic E-state index is 12.5. The van der Waals surface area contributed by atoms with Gasteiger partial charge < -0.3 is 14.9 Å². The highest BCUT2D eigenvalue weighted by atomic mass is 32.2. The summed E-state index contributed by atoms with van der Waals surface area (Å²) < 4.78 is 2.18. The second kappa shape index (κ2) is 6.03. The third-order valence-corrected chi connectivity index (χ3v) is 5.39. The van der Waals surface area contributed by atoms with E-state index in [0.717, 1.165) is 45.4 Å². The van der Waals surface area contributed by atoms with Crippen molar-refractivity contribution in [1.82, 2.24) is 19.5 Å². The van der Waals surface area contributed by atoms with Crippen LogP contribution in [0.3, 0.4) is 0 Å². The second-order valence-electron chi connectivity index (χ2n) is 6.12. The molecule has 0 saturated carbocycles. The van der Waals surface area contributed by atoms with Crippen LogP contribution >= 0.6 is 11.8 Å². The van der Waals surface area contributed by atoms with Gasteiger partial charge in [-0.3, -0.25) is 4.79 Å². The smallest absolute Gasteiger partial charge is 0.255 e. The molecule has 26 heavy (non-hydrogen) atoms. The topological polar surface area (TPSA) is 75.6 Å². The molecule has 2 aromatic heterocycles. The van der Waals surface area contributed by atoms with Crippen LogP contribution < -0.4 is 5.32 Å². The fourth-order valence-electron chi connectivity index (χ4n) is 3.05. The molecule has 1 amide bonds. The summed E-state index contributed by atoms with van der Waals surface area (Å²) in [7, 11) is 0. The Kier molecular flexibility index (Phi) is 3.53. The highest BCUT2D eigenvalue weighted by molar-refractivity contribution is 7.99. The van der Waals surface area contributed by atoms with Gasteiger partial charge in [0, 0.05) is 35.3 Å². The van der Waals surface area contributed by atoms with Crippen molar-refractivity contribution in [2.45, 2.75) is 11.7 Å². The second-order valence-corrected chi connectivity index (χ2v) is 7.18. The fourth-order valence-corrected chi connectivity index (χ4v) is 4.00. The Morgan fingerprint density at radius 1 is 1.19 bits per heavy atom. The number of amides is 1. The van der Waals surface area contributed by atoms with Crippen molar-refractivity contribution in [3.63, 3.8) is 0 Å². The van der Waals surface area contributed by atoms with Gasteiger partial charge in [0.25, 0.3) is 5.91 Å². The van der Waals surface area contributed by atoms with Crippen LogP contribution in [0.25, 0.3) is 22.3 Å². The number of carbonyl (C=O) groups excluding carboxylic acids is 1. The number of imidazole rings is 2. The number of H-pyrrole nitrogens is 1. The van der Waals surface area contributed by atoms with E-state index >= 15 is 0 Å². The molecule has 7 heteroatoms. The quantitative estimate of drug-likeness (QED) is 0.582. The maximum Gasteiger partial charge on any atom is 0.255 e. The summed E-state index contributed by atoms with van der Waals surface area (Å²) in [6.07, 6.45) is 3.71. The number of aromatic amines is 1. The van der Waals surface area contributed by atoms with E-state index in [-0.39, 0.29) is 5.91 Å². The number of hydrogen-bond donors (Lipinski definition) is 2. The number of rotatable bonds is 3. The predicted octanol–water partition coefficient (Wildman–Crippen LogP) is 3.78. The molecule has 0 spiro atoms. The van der Waals surface area contributed by atoms with E-state index in [1.54, 1.807) is 30.2 Å². The fraction of sp³-hybridized carbons (Fsp3) is 0.105. The van der Waals surface area contributed by atoms with Crippen molar-refractivity contribution >= 4 is 34.4 Å². The maximum absolute atomic E-state index is 12.5. The van der Waals surface area contributed by atoms with Crippen molar-refractivity contribution < 1.29 is 4.79 Å². The van der Waals surface area contributed by atoms with E-state index in [1.165, 1.54) is 0 Å². The number of aryl methyl sites for hydroxylation is 1. The molecule has 4 aromatic rings. The number of thioether (sulfide) groups is 1. The first-order chi connectivity index (χ1) is 12.8. The lowest BCUT2D eigenvalue weighted by Gasteiger charge is -2.06. The number of aromatic nitrogens is 4. The third kappa shape index (κ3) is 2.66. The van der Waals surface area contributed by atoms with Gasteiger partial charge in [-0.2, -0.15) is 0 Å². The largest absolute Gasteiger partial charge is 0.345 e. The Morgan fingerprint density at radius 2 is 2.08 bits per heavy atom. The number of nitrogens with one attached hydrogen (secondary N) is 2. The number of hydrogen-bond acceptors (Lipinski definition) is 4. The highest BCUT2D eigenvalue weighted by Gasteiger charge is 2.15. The van der Waals surface area contributed by atoms with Gasteiger partial charge in [-0.25, -0.2) is 9.97 Å². The summed E-state index contributed by atoms with van der Waals surface area (Å²) >= 11 is 1.78. The summed E-state index contributed by atoms with van der Waals surface area (Å²) in [5.74, 6) is 0.949. The molecule has 0 bridgehead atoms. The van der Waals surface area contributed by atoms with E-state index in [4.69, 9.17) is 0 Å². The van der Waals surface area contributed by atoms with Crippen molar-refractivity contribution in [2.75, 3.05) is 11.1 Å². The molecule has 2 aromatic carbocycles. The van der Waals surface area contributed by atoms with E-state index < -0.39 is 0 Å². The Bertz CT molecular complexity index is 1090. The van der Waals surface area contributed by atoms with Gasteiger partial charge in [0.15, 0.2) is 5.16 Å². The van der Waals surface area contributed by atoms with Crippen LogP contribution in [0.5, 0.6) is 0 Å². The Morgan fingerprint density at radius 3 is 2.92 bits per heavy atom. The molecule has 0 atom stereocenters. The molecule has 2 N–H and O–H groups in total. The lowest BCUT2D eigenvalue weighted by molar-refractivity contribution is 0.102. The monoisotopic (exact) mass is 361 g/mol. The minimum Gasteiger partial charge on any atom is -0.345 e. The van der Waals surface area contributed by atoms with Gasteiger partial charge in [0.05, 0.1) is 23.1 Å². The zero-order chi connectivity index (χ0) is 17.5. The van der Waals surface area contributed by atoms with E-state index in [0.29, 0.717) is 5.56 Å². The molecule has 0 aliphatic carbocycles. The van der Waals surface area contributed by atoms with Gasteiger partial charge in [-0.15, -0.1) is 0 Å². The molecule has 1 aliphatic rings. The Labute approximate surface area is 153 Å². The van der Waals surface area contributed by atoms with Gasteiger partial charge in [0.2, 0.25) is 0 Å². The molecule has 3 heterocycles. The van der Waals surface area contributed by atoms with Crippen molar-refractivity contribution in [3.8, 4) is 11.3 Å².